The Morgan fingerprint density at radius 1 is 1.58 bits per heavy atom. The van der Waals surface area contributed by atoms with Gasteiger partial charge in [0, 0.05) is 13.3 Å². The molecule has 0 aromatic heterocycles. The maximum atomic E-state index is 5.88. The lowest BCUT2D eigenvalue weighted by molar-refractivity contribution is 0.489. The quantitative estimate of drug-likeness (QED) is 0.470. The third-order valence-corrected chi connectivity index (χ3v) is 1.66. The Bertz CT molecular complexity index is 202. The molecule has 0 saturated heterocycles. The van der Waals surface area contributed by atoms with E-state index in [4.69, 9.17) is 11.6 Å². The van der Waals surface area contributed by atoms with Crippen LogP contribution in [0.2, 0.25) is 0 Å². The summed E-state index contributed by atoms with van der Waals surface area (Å²) in [5, 5.41) is 0.685. The second-order valence-corrected chi connectivity index (χ2v) is 3.83. The maximum absolute atomic E-state index is 5.88. The standard InChI is InChI=1S/C10H16ClN/c1-5-6-10(2,3)7-9(11)8-12-4/h5,7-8H,1,6H2,2-4H3. The molecule has 2 heteroatoms. The first-order valence-corrected chi connectivity index (χ1v) is 4.31. The molecule has 0 radical (unpaired) electrons. The van der Waals surface area contributed by atoms with Gasteiger partial charge in [-0.1, -0.05) is 37.6 Å². The molecule has 0 aromatic rings. The first kappa shape index (κ1) is 11.4. The smallest absolute Gasteiger partial charge is 0.0549 e. The summed E-state index contributed by atoms with van der Waals surface area (Å²) in [6, 6.07) is 0. The molecule has 1 nitrogen and oxygen atoms in total. The fourth-order valence-corrected chi connectivity index (χ4v) is 1.36. The molecule has 0 aliphatic carbocycles. The monoisotopic (exact) mass is 185 g/mol. The zero-order chi connectivity index (χ0) is 9.61. The fraction of sp³-hybridized carbons (Fsp3) is 0.500. The van der Waals surface area contributed by atoms with Crippen LogP contribution in [0.3, 0.4) is 0 Å². The molecule has 0 aromatic carbocycles. The number of hydrogen-bond donors (Lipinski definition) is 0. The van der Waals surface area contributed by atoms with Crippen molar-refractivity contribution in [1.29, 1.82) is 0 Å². The van der Waals surface area contributed by atoms with Crippen molar-refractivity contribution < 1.29 is 0 Å². The van der Waals surface area contributed by atoms with E-state index < -0.39 is 0 Å². The van der Waals surface area contributed by atoms with Gasteiger partial charge in [-0.2, -0.15) is 0 Å². The fourth-order valence-electron chi connectivity index (χ4n) is 0.965. The average molecular weight is 186 g/mol. The second kappa shape index (κ2) is 5.15. The minimum Gasteiger partial charge on any atom is -0.295 e. The summed E-state index contributed by atoms with van der Waals surface area (Å²) in [6.45, 7) is 7.92. The van der Waals surface area contributed by atoms with Gasteiger partial charge >= 0.3 is 0 Å². The van der Waals surface area contributed by atoms with Crippen LogP contribution in [-0.2, 0) is 0 Å². The predicted molar refractivity (Wildman–Crippen MR) is 56.9 cm³/mol. The van der Waals surface area contributed by atoms with E-state index in [1.807, 2.05) is 12.2 Å². The van der Waals surface area contributed by atoms with Crippen molar-refractivity contribution in [2.45, 2.75) is 20.3 Å². The van der Waals surface area contributed by atoms with E-state index in [2.05, 4.69) is 25.4 Å². The van der Waals surface area contributed by atoms with Gasteiger partial charge in [0.1, 0.15) is 0 Å². The van der Waals surface area contributed by atoms with Crippen LogP contribution in [0.1, 0.15) is 20.3 Å². The topological polar surface area (TPSA) is 12.4 Å². The SMILES string of the molecule is C=CCC(C)(C)C=C(Cl)C=NC. The van der Waals surface area contributed by atoms with Gasteiger partial charge < -0.3 is 0 Å². The molecule has 68 valence electrons. The highest BCUT2D eigenvalue weighted by Crippen LogP contribution is 2.24. The molecule has 0 aliphatic heterocycles. The normalized spacial score (nSPS) is 13.8. The van der Waals surface area contributed by atoms with E-state index in [0.717, 1.165) is 6.42 Å². The molecule has 0 fully saturated rings. The van der Waals surface area contributed by atoms with Crippen LogP contribution in [0, 0.1) is 5.41 Å². The van der Waals surface area contributed by atoms with Crippen LogP contribution < -0.4 is 0 Å². The van der Waals surface area contributed by atoms with E-state index in [1.165, 1.54) is 0 Å². The van der Waals surface area contributed by atoms with Crippen molar-refractivity contribution in [2.24, 2.45) is 10.4 Å². The van der Waals surface area contributed by atoms with Crippen LogP contribution in [0.5, 0.6) is 0 Å². The van der Waals surface area contributed by atoms with Crippen LogP contribution >= 0.6 is 11.6 Å². The Hall–Kier alpha value is -0.560. The Labute approximate surface area is 79.8 Å². The van der Waals surface area contributed by atoms with Gasteiger partial charge in [0.05, 0.1) is 5.03 Å². The third-order valence-electron chi connectivity index (χ3n) is 1.45. The minimum absolute atomic E-state index is 0.0695. The number of aliphatic imine (C=N–C) groups is 1. The number of allylic oxidation sites excluding steroid dienone is 3. The zero-order valence-corrected chi connectivity index (χ0v) is 8.73. The summed E-state index contributed by atoms with van der Waals surface area (Å²) in [6.07, 6.45) is 6.44. The van der Waals surface area contributed by atoms with Gasteiger partial charge in [-0.25, -0.2) is 0 Å². The molecule has 0 N–H and O–H groups in total. The van der Waals surface area contributed by atoms with Gasteiger partial charge in [-0.05, 0) is 11.8 Å². The number of rotatable bonds is 4. The van der Waals surface area contributed by atoms with Gasteiger partial charge in [0.15, 0.2) is 0 Å². The van der Waals surface area contributed by atoms with Crippen molar-refractivity contribution in [3.05, 3.63) is 23.8 Å². The summed E-state index contributed by atoms with van der Waals surface area (Å²) < 4.78 is 0. The van der Waals surface area contributed by atoms with Crippen molar-refractivity contribution in [1.82, 2.24) is 0 Å². The average Bonchev–Trinajstić information content (AvgIpc) is 1.85. The molecule has 0 unspecified atom stereocenters. The van der Waals surface area contributed by atoms with Crippen LogP contribution in [0.25, 0.3) is 0 Å². The van der Waals surface area contributed by atoms with E-state index >= 15 is 0 Å². The van der Waals surface area contributed by atoms with Gasteiger partial charge in [0.25, 0.3) is 0 Å². The number of nitrogens with zero attached hydrogens (tertiary/aromatic N) is 1. The minimum atomic E-state index is 0.0695. The highest BCUT2D eigenvalue weighted by Gasteiger charge is 2.12. The predicted octanol–water partition coefficient (Wildman–Crippen LogP) is 3.41. The van der Waals surface area contributed by atoms with Crippen LogP contribution in [-0.4, -0.2) is 13.3 Å². The summed E-state index contributed by atoms with van der Waals surface area (Å²) in [7, 11) is 1.71. The molecule has 0 heterocycles. The molecule has 0 spiro atoms. The van der Waals surface area contributed by atoms with Crippen molar-refractivity contribution in [3.63, 3.8) is 0 Å². The Balaban J connectivity index is 4.37. The van der Waals surface area contributed by atoms with Crippen molar-refractivity contribution >= 4 is 17.8 Å². The lowest BCUT2D eigenvalue weighted by atomic mass is 9.89. The van der Waals surface area contributed by atoms with Crippen LogP contribution in [0.15, 0.2) is 28.8 Å². The second-order valence-electron chi connectivity index (χ2n) is 3.40. The zero-order valence-electron chi connectivity index (χ0n) is 7.97. The largest absolute Gasteiger partial charge is 0.295 e. The van der Waals surface area contributed by atoms with Gasteiger partial charge in [-0.3, -0.25) is 4.99 Å². The Morgan fingerprint density at radius 3 is 2.58 bits per heavy atom. The maximum Gasteiger partial charge on any atom is 0.0549 e. The lowest BCUT2D eigenvalue weighted by Gasteiger charge is -2.17. The summed E-state index contributed by atoms with van der Waals surface area (Å²) in [5.41, 5.74) is 0.0695. The van der Waals surface area contributed by atoms with Crippen molar-refractivity contribution in [2.75, 3.05) is 7.05 Å². The molecule has 0 saturated carbocycles. The summed E-state index contributed by atoms with van der Waals surface area (Å²) in [4.78, 5) is 3.83. The highest BCUT2D eigenvalue weighted by atomic mass is 35.5. The summed E-state index contributed by atoms with van der Waals surface area (Å²) >= 11 is 5.88. The first-order chi connectivity index (χ1) is 5.52. The molecular weight excluding hydrogens is 170 g/mol. The van der Waals surface area contributed by atoms with Crippen molar-refractivity contribution in [3.8, 4) is 0 Å². The van der Waals surface area contributed by atoms with E-state index in [0.29, 0.717) is 5.03 Å². The molecule has 0 rings (SSSR count). The van der Waals surface area contributed by atoms with Gasteiger partial charge in [0.2, 0.25) is 0 Å². The third kappa shape index (κ3) is 5.14. The number of hydrogen-bond acceptors (Lipinski definition) is 1. The summed E-state index contributed by atoms with van der Waals surface area (Å²) in [5.74, 6) is 0. The van der Waals surface area contributed by atoms with E-state index in [1.54, 1.807) is 13.3 Å². The van der Waals surface area contributed by atoms with E-state index in [9.17, 15) is 0 Å². The molecule has 0 aliphatic rings. The van der Waals surface area contributed by atoms with Gasteiger partial charge in [-0.15, -0.1) is 6.58 Å². The Kier molecular flexibility index (Phi) is 4.91. The molecule has 0 bridgehead atoms. The molecule has 12 heavy (non-hydrogen) atoms. The highest BCUT2D eigenvalue weighted by molar-refractivity contribution is 6.39. The van der Waals surface area contributed by atoms with Crippen LogP contribution in [0.4, 0.5) is 0 Å². The first-order valence-electron chi connectivity index (χ1n) is 3.93. The molecular formula is C10H16ClN. The lowest BCUT2D eigenvalue weighted by Crippen LogP contribution is -2.06. The van der Waals surface area contributed by atoms with E-state index in [-0.39, 0.29) is 5.41 Å². The Morgan fingerprint density at radius 2 is 2.17 bits per heavy atom. The molecule has 0 atom stereocenters. The number of halogens is 1. The molecule has 0 amide bonds.